The van der Waals surface area contributed by atoms with Gasteiger partial charge >= 0.3 is 0 Å². The van der Waals surface area contributed by atoms with E-state index in [1.165, 1.54) is 6.26 Å². The van der Waals surface area contributed by atoms with E-state index < -0.39 is 0 Å². The Bertz CT molecular complexity index is 472. The van der Waals surface area contributed by atoms with Crippen LogP contribution in [0, 0.1) is 0 Å². The third-order valence-corrected chi connectivity index (χ3v) is 1.94. The highest BCUT2D eigenvalue weighted by Gasteiger charge is 2.04. The van der Waals surface area contributed by atoms with Gasteiger partial charge in [0.25, 0.3) is 5.56 Å². The normalized spacial score (nSPS) is 10.2. The van der Waals surface area contributed by atoms with Gasteiger partial charge in [0.05, 0.1) is 5.56 Å². The fourth-order valence-corrected chi connectivity index (χ4v) is 1.30. The van der Waals surface area contributed by atoms with E-state index in [1.807, 2.05) is 0 Å². The topological polar surface area (TPSA) is 46.0 Å². The van der Waals surface area contributed by atoms with E-state index in [0.717, 1.165) is 5.56 Å². The van der Waals surface area contributed by atoms with Crippen molar-refractivity contribution in [2.75, 3.05) is 0 Å². The number of nitrogens with one attached hydrogen (secondary N) is 1. The Kier molecular flexibility index (Phi) is 1.94. The first-order valence-electron chi connectivity index (χ1n) is 3.69. The van der Waals surface area contributed by atoms with Crippen molar-refractivity contribution < 1.29 is 4.52 Å². The molecule has 1 aromatic heterocycles. The van der Waals surface area contributed by atoms with Crippen molar-refractivity contribution in [2.24, 2.45) is 0 Å². The van der Waals surface area contributed by atoms with Gasteiger partial charge in [-0.2, -0.15) is 5.16 Å². The molecule has 2 aromatic rings. The van der Waals surface area contributed by atoms with Crippen molar-refractivity contribution in [3.63, 3.8) is 0 Å². The van der Waals surface area contributed by atoms with Crippen LogP contribution in [0.3, 0.4) is 0 Å². The van der Waals surface area contributed by atoms with Gasteiger partial charge in [0, 0.05) is 5.02 Å². The van der Waals surface area contributed by atoms with Gasteiger partial charge in [-0.3, -0.25) is 4.79 Å². The molecule has 0 aliphatic rings. The lowest BCUT2D eigenvalue weighted by Crippen LogP contribution is -2.00. The summed E-state index contributed by atoms with van der Waals surface area (Å²) >= 11 is 5.77. The number of hydrogen-bond acceptors (Lipinski definition) is 2. The first-order chi connectivity index (χ1) is 6.27. The molecule has 1 heterocycles. The van der Waals surface area contributed by atoms with Gasteiger partial charge in [0.15, 0.2) is 0 Å². The quantitative estimate of drug-likeness (QED) is 0.759. The van der Waals surface area contributed by atoms with Crippen molar-refractivity contribution in [2.45, 2.75) is 0 Å². The molecule has 13 heavy (non-hydrogen) atoms. The molecule has 3 nitrogen and oxygen atoms in total. The van der Waals surface area contributed by atoms with E-state index in [9.17, 15) is 4.79 Å². The second-order valence-corrected chi connectivity index (χ2v) is 3.03. The Hall–Kier alpha value is -1.48. The second-order valence-electron chi connectivity index (χ2n) is 2.59. The van der Waals surface area contributed by atoms with Crippen LogP contribution in [0.25, 0.3) is 11.1 Å². The molecule has 1 aromatic carbocycles. The van der Waals surface area contributed by atoms with Crippen LogP contribution in [0.4, 0.5) is 0 Å². The molecule has 0 amide bonds. The fraction of sp³-hybridized carbons (Fsp3) is 0. The number of halogens is 1. The standard InChI is InChI=1S/C9H6ClNO2/c10-7-3-1-2-6(4-7)8-5-13-11-9(8)12/h1-5H,(H,11,12). The number of benzene rings is 1. The number of hydrogen-bond donors (Lipinski definition) is 1. The molecular weight excluding hydrogens is 190 g/mol. The van der Waals surface area contributed by atoms with Crippen LogP contribution in [-0.2, 0) is 0 Å². The molecule has 0 unspecified atom stereocenters. The third kappa shape index (κ3) is 1.51. The van der Waals surface area contributed by atoms with Gasteiger partial charge in [0.2, 0.25) is 0 Å². The van der Waals surface area contributed by atoms with Crippen molar-refractivity contribution >= 4 is 11.6 Å². The van der Waals surface area contributed by atoms with Crippen molar-refractivity contribution in [1.82, 2.24) is 5.16 Å². The van der Waals surface area contributed by atoms with Crippen LogP contribution in [-0.4, -0.2) is 5.16 Å². The molecule has 4 heteroatoms. The zero-order chi connectivity index (χ0) is 9.26. The first-order valence-corrected chi connectivity index (χ1v) is 4.07. The van der Waals surface area contributed by atoms with Gasteiger partial charge < -0.3 is 4.52 Å². The minimum Gasteiger partial charge on any atom is -0.386 e. The molecule has 0 radical (unpaired) electrons. The Morgan fingerprint density at radius 3 is 2.85 bits per heavy atom. The SMILES string of the molecule is O=c1[nH]occ1-c1cccc(Cl)c1. The van der Waals surface area contributed by atoms with Gasteiger partial charge in [0.1, 0.15) is 6.26 Å². The van der Waals surface area contributed by atoms with E-state index >= 15 is 0 Å². The smallest absolute Gasteiger partial charge is 0.287 e. The van der Waals surface area contributed by atoms with Crippen molar-refractivity contribution in [3.05, 3.63) is 45.9 Å². The number of aromatic nitrogens is 1. The number of rotatable bonds is 1. The largest absolute Gasteiger partial charge is 0.386 e. The third-order valence-electron chi connectivity index (χ3n) is 1.71. The maximum atomic E-state index is 11.1. The lowest BCUT2D eigenvalue weighted by atomic mass is 10.1. The summed E-state index contributed by atoms with van der Waals surface area (Å²) in [4.78, 5) is 11.1. The summed E-state index contributed by atoms with van der Waals surface area (Å²) in [6.07, 6.45) is 1.37. The number of H-pyrrole nitrogens is 1. The van der Waals surface area contributed by atoms with Crippen molar-refractivity contribution in [1.29, 1.82) is 0 Å². The van der Waals surface area contributed by atoms with E-state index in [-0.39, 0.29) is 5.56 Å². The van der Waals surface area contributed by atoms with Crippen LogP contribution in [0.5, 0.6) is 0 Å². The fourth-order valence-electron chi connectivity index (χ4n) is 1.11. The molecular formula is C9H6ClNO2. The molecule has 0 atom stereocenters. The lowest BCUT2D eigenvalue weighted by Gasteiger charge is -1.94. The summed E-state index contributed by atoms with van der Waals surface area (Å²) in [6, 6.07) is 7.04. The summed E-state index contributed by atoms with van der Waals surface area (Å²) in [5, 5.41) is 2.81. The van der Waals surface area contributed by atoms with E-state index in [2.05, 4.69) is 9.68 Å². The van der Waals surface area contributed by atoms with Crippen LogP contribution in [0.15, 0.2) is 39.8 Å². The molecule has 0 aliphatic heterocycles. The summed E-state index contributed by atoms with van der Waals surface area (Å²) in [5.74, 6) is 0. The zero-order valence-electron chi connectivity index (χ0n) is 6.58. The predicted molar refractivity (Wildman–Crippen MR) is 49.8 cm³/mol. The van der Waals surface area contributed by atoms with Gasteiger partial charge in [-0.1, -0.05) is 23.7 Å². The molecule has 2 rings (SSSR count). The predicted octanol–water partition coefficient (Wildman–Crippen LogP) is 2.29. The molecule has 0 saturated carbocycles. The van der Waals surface area contributed by atoms with Crippen LogP contribution in [0.1, 0.15) is 0 Å². The molecule has 66 valence electrons. The van der Waals surface area contributed by atoms with Gasteiger partial charge in [-0.15, -0.1) is 0 Å². The highest BCUT2D eigenvalue weighted by molar-refractivity contribution is 6.30. The summed E-state index contributed by atoms with van der Waals surface area (Å²) in [6.45, 7) is 0. The van der Waals surface area contributed by atoms with Gasteiger partial charge in [-0.05, 0) is 17.7 Å². The van der Waals surface area contributed by atoms with E-state index in [0.29, 0.717) is 10.6 Å². The molecule has 0 spiro atoms. The van der Waals surface area contributed by atoms with E-state index in [4.69, 9.17) is 11.6 Å². The molecule has 0 aliphatic carbocycles. The summed E-state index contributed by atoms with van der Waals surface area (Å²) < 4.78 is 4.66. The molecule has 0 fully saturated rings. The van der Waals surface area contributed by atoms with E-state index in [1.54, 1.807) is 24.3 Å². The van der Waals surface area contributed by atoms with Crippen LogP contribution < -0.4 is 5.56 Å². The maximum Gasteiger partial charge on any atom is 0.287 e. The van der Waals surface area contributed by atoms with Crippen LogP contribution >= 0.6 is 11.6 Å². The highest BCUT2D eigenvalue weighted by Crippen LogP contribution is 2.19. The summed E-state index contributed by atoms with van der Waals surface area (Å²) in [5.41, 5.74) is 0.993. The average Bonchev–Trinajstić information content (AvgIpc) is 2.51. The zero-order valence-corrected chi connectivity index (χ0v) is 7.34. The maximum absolute atomic E-state index is 11.1. The monoisotopic (exact) mass is 195 g/mol. The lowest BCUT2D eigenvalue weighted by molar-refractivity contribution is 0.414. The summed E-state index contributed by atoms with van der Waals surface area (Å²) in [7, 11) is 0. The van der Waals surface area contributed by atoms with Crippen molar-refractivity contribution in [3.8, 4) is 11.1 Å². The molecule has 0 bridgehead atoms. The Morgan fingerprint density at radius 2 is 2.23 bits per heavy atom. The second kappa shape index (κ2) is 3.11. The Labute approximate surface area is 78.9 Å². The number of aromatic amines is 1. The first kappa shape index (κ1) is 8.13. The highest BCUT2D eigenvalue weighted by atomic mass is 35.5. The molecule has 0 saturated heterocycles. The minimum absolute atomic E-state index is 0.248. The Morgan fingerprint density at radius 1 is 1.38 bits per heavy atom. The minimum atomic E-state index is -0.248. The van der Waals surface area contributed by atoms with Gasteiger partial charge in [-0.25, -0.2) is 0 Å². The Balaban J connectivity index is 2.59. The van der Waals surface area contributed by atoms with Crippen LogP contribution in [0.2, 0.25) is 5.02 Å². The average molecular weight is 196 g/mol. The molecule has 1 N–H and O–H groups in total.